The first kappa shape index (κ1) is 18.1. The summed E-state index contributed by atoms with van der Waals surface area (Å²) in [5.41, 5.74) is 1.15. The van der Waals surface area contributed by atoms with Gasteiger partial charge in [-0.2, -0.15) is 0 Å². The Kier molecular flexibility index (Phi) is 6.56. The summed E-state index contributed by atoms with van der Waals surface area (Å²) in [6, 6.07) is 8.47. The summed E-state index contributed by atoms with van der Waals surface area (Å²) < 4.78 is 5.46. The van der Waals surface area contributed by atoms with E-state index in [-0.39, 0.29) is 5.91 Å². The van der Waals surface area contributed by atoms with Crippen molar-refractivity contribution >= 4 is 11.6 Å². The number of hydrogen-bond acceptors (Lipinski definition) is 4. The average Bonchev–Trinajstić information content (AvgIpc) is 2.68. The molecule has 25 heavy (non-hydrogen) atoms. The summed E-state index contributed by atoms with van der Waals surface area (Å²) in [6.07, 6.45) is 6.13. The van der Waals surface area contributed by atoms with Crippen LogP contribution in [0, 0.1) is 5.92 Å². The van der Waals surface area contributed by atoms with Crippen molar-refractivity contribution in [2.75, 3.05) is 38.2 Å². The maximum Gasteiger partial charge on any atom is 0.220 e. The molecule has 0 spiro atoms. The van der Waals surface area contributed by atoms with E-state index in [0.717, 1.165) is 62.8 Å². The Morgan fingerprint density at radius 3 is 2.64 bits per heavy atom. The fourth-order valence-corrected chi connectivity index (χ4v) is 3.96. The minimum atomic E-state index is 0.231. The van der Waals surface area contributed by atoms with E-state index in [9.17, 15) is 4.79 Å². The highest BCUT2D eigenvalue weighted by molar-refractivity contribution is 5.76. The molecule has 1 amide bonds. The Morgan fingerprint density at radius 2 is 1.92 bits per heavy atom. The molecule has 0 aliphatic carbocycles. The molecular weight excluding hydrogens is 314 g/mol. The molecule has 2 saturated heterocycles. The SMILES string of the molecule is COc1ccccc1N1CCC(NC(=O)CCC2CCNCC2)CC1. The smallest absolute Gasteiger partial charge is 0.220 e. The highest BCUT2D eigenvalue weighted by atomic mass is 16.5. The lowest BCUT2D eigenvalue weighted by atomic mass is 9.93. The van der Waals surface area contributed by atoms with Crippen LogP contribution in [-0.4, -0.2) is 45.2 Å². The van der Waals surface area contributed by atoms with Crippen LogP contribution in [0.3, 0.4) is 0 Å². The van der Waals surface area contributed by atoms with Crippen LogP contribution >= 0.6 is 0 Å². The second-order valence-electron chi connectivity index (χ2n) is 7.23. The molecule has 5 heteroatoms. The number of methoxy groups -OCH3 is 1. The molecule has 5 nitrogen and oxygen atoms in total. The van der Waals surface area contributed by atoms with Gasteiger partial charge in [-0.1, -0.05) is 12.1 Å². The molecule has 3 rings (SSSR count). The standard InChI is InChI=1S/C20H31N3O2/c1-25-19-5-3-2-4-18(19)23-14-10-17(11-15-23)22-20(24)7-6-16-8-12-21-13-9-16/h2-5,16-17,21H,6-15H2,1H3,(H,22,24). The van der Waals surface area contributed by atoms with Crippen LogP contribution in [0.5, 0.6) is 5.75 Å². The van der Waals surface area contributed by atoms with Crippen molar-refractivity contribution < 1.29 is 9.53 Å². The Hall–Kier alpha value is -1.75. The third-order valence-electron chi connectivity index (χ3n) is 5.52. The number of nitrogens with one attached hydrogen (secondary N) is 2. The second-order valence-corrected chi connectivity index (χ2v) is 7.23. The first-order valence-electron chi connectivity index (χ1n) is 9.64. The van der Waals surface area contributed by atoms with Gasteiger partial charge in [0.05, 0.1) is 12.8 Å². The molecule has 1 aromatic carbocycles. The summed E-state index contributed by atoms with van der Waals surface area (Å²) in [7, 11) is 1.72. The first-order valence-corrected chi connectivity index (χ1v) is 9.64. The molecule has 0 bridgehead atoms. The fourth-order valence-electron chi connectivity index (χ4n) is 3.96. The third-order valence-corrected chi connectivity index (χ3v) is 5.52. The number of amides is 1. The Morgan fingerprint density at radius 1 is 1.20 bits per heavy atom. The highest BCUT2D eigenvalue weighted by Gasteiger charge is 2.23. The van der Waals surface area contributed by atoms with Crippen molar-refractivity contribution in [1.82, 2.24) is 10.6 Å². The van der Waals surface area contributed by atoms with Crippen molar-refractivity contribution in [3.63, 3.8) is 0 Å². The van der Waals surface area contributed by atoms with Gasteiger partial charge in [-0.25, -0.2) is 0 Å². The molecule has 138 valence electrons. The predicted molar refractivity (Wildman–Crippen MR) is 101 cm³/mol. The summed E-state index contributed by atoms with van der Waals surface area (Å²) >= 11 is 0. The van der Waals surface area contributed by atoms with Gasteiger partial charge in [-0.15, -0.1) is 0 Å². The normalized spacial score (nSPS) is 19.6. The van der Waals surface area contributed by atoms with Crippen LogP contribution in [-0.2, 0) is 4.79 Å². The van der Waals surface area contributed by atoms with Crippen molar-refractivity contribution in [2.24, 2.45) is 5.92 Å². The topological polar surface area (TPSA) is 53.6 Å². The van der Waals surface area contributed by atoms with Gasteiger partial charge in [0.2, 0.25) is 5.91 Å². The number of hydrogen-bond donors (Lipinski definition) is 2. The predicted octanol–water partition coefficient (Wildman–Crippen LogP) is 2.56. The zero-order valence-electron chi connectivity index (χ0n) is 15.3. The van der Waals surface area contributed by atoms with E-state index in [1.807, 2.05) is 18.2 Å². The Balaban J connectivity index is 1.40. The van der Waals surface area contributed by atoms with Crippen LogP contribution < -0.4 is 20.3 Å². The number of rotatable bonds is 6. The summed E-state index contributed by atoms with van der Waals surface area (Å²) in [4.78, 5) is 14.6. The summed E-state index contributed by atoms with van der Waals surface area (Å²) in [6.45, 7) is 4.13. The van der Waals surface area contributed by atoms with E-state index in [1.165, 1.54) is 12.8 Å². The number of nitrogens with zero attached hydrogens (tertiary/aromatic N) is 1. The molecular formula is C20H31N3O2. The maximum atomic E-state index is 12.2. The van der Waals surface area contributed by atoms with E-state index in [4.69, 9.17) is 4.74 Å². The number of benzene rings is 1. The highest BCUT2D eigenvalue weighted by Crippen LogP contribution is 2.29. The van der Waals surface area contributed by atoms with Crippen LogP contribution in [0.4, 0.5) is 5.69 Å². The van der Waals surface area contributed by atoms with Gasteiger partial charge in [0.15, 0.2) is 0 Å². The number of ether oxygens (including phenoxy) is 1. The van der Waals surface area contributed by atoms with Gasteiger partial charge in [0.1, 0.15) is 5.75 Å². The Labute approximate surface area is 151 Å². The molecule has 2 aliphatic heterocycles. The van der Waals surface area contributed by atoms with Gasteiger partial charge in [0, 0.05) is 25.6 Å². The quantitative estimate of drug-likeness (QED) is 0.832. The Bertz CT molecular complexity index is 550. The first-order chi connectivity index (χ1) is 12.3. The van der Waals surface area contributed by atoms with E-state index in [1.54, 1.807) is 7.11 Å². The van der Waals surface area contributed by atoms with Gasteiger partial charge in [-0.3, -0.25) is 4.79 Å². The lowest BCUT2D eigenvalue weighted by Crippen LogP contribution is -2.44. The van der Waals surface area contributed by atoms with E-state index < -0.39 is 0 Å². The van der Waals surface area contributed by atoms with Gasteiger partial charge in [-0.05, 0) is 63.2 Å². The van der Waals surface area contributed by atoms with Crippen LogP contribution in [0.25, 0.3) is 0 Å². The molecule has 0 saturated carbocycles. The summed E-state index contributed by atoms with van der Waals surface area (Å²) in [5.74, 6) is 1.88. The zero-order chi connectivity index (χ0) is 17.5. The van der Waals surface area contributed by atoms with Crippen LogP contribution in [0.2, 0.25) is 0 Å². The molecule has 0 aromatic heterocycles. The van der Waals surface area contributed by atoms with Crippen molar-refractivity contribution in [1.29, 1.82) is 0 Å². The van der Waals surface area contributed by atoms with Crippen LogP contribution in [0.1, 0.15) is 38.5 Å². The third kappa shape index (κ3) is 5.11. The molecule has 1 aromatic rings. The molecule has 2 aliphatic rings. The number of piperidine rings is 2. The fraction of sp³-hybridized carbons (Fsp3) is 0.650. The van der Waals surface area contributed by atoms with Gasteiger partial charge < -0.3 is 20.3 Å². The number of anilines is 1. The van der Waals surface area contributed by atoms with E-state index in [2.05, 4.69) is 21.6 Å². The second kappa shape index (κ2) is 9.09. The number of carbonyl (C=O) groups excluding carboxylic acids is 1. The largest absolute Gasteiger partial charge is 0.495 e. The van der Waals surface area contributed by atoms with Gasteiger partial charge in [0.25, 0.3) is 0 Å². The van der Waals surface area contributed by atoms with Crippen molar-refractivity contribution in [3.05, 3.63) is 24.3 Å². The molecule has 0 radical (unpaired) electrons. The minimum absolute atomic E-state index is 0.231. The zero-order valence-corrected chi connectivity index (χ0v) is 15.3. The molecule has 0 atom stereocenters. The maximum absolute atomic E-state index is 12.2. The van der Waals surface area contributed by atoms with E-state index >= 15 is 0 Å². The number of para-hydroxylation sites is 2. The summed E-state index contributed by atoms with van der Waals surface area (Å²) in [5, 5.41) is 6.63. The van der Waals surface area contributed by atoms with Crippen LogP contribution in [0.15, 0.2) is 24.3 Å². The van der Waals surface area contributed by atoms with Gasteiger partial charge >= 0.3 is 0 Å². The van der Waals surface area contributed by atoms with Crippen molar-refractivity contribution in [2.45, 2.75) is 44.6 Å². The van der Waals surface area contributed by atoms with Crippen molar-refractivity contribution in [3.8, 4) is 5.75 Å². The monoisotopic (exact) mass is 345 g/mol. The lowest BCUT2D eigenvalue weighted by Gasteiger charge is -2.34. The molecule has 2 N–H and O–H groups in total. The average molecular weight is 345 g/mol. The number of carbonyl (C=O) groups is 1. The van der Waals surface area contributed by atoms with E-state index in [0.29, 0.717) is 12.5 Å². The minimum Gasteiger partial charge on any atom is -0.495 e. The molecule has 2 fully saturated rings. The molecule has 0 unspecified atom stereocenters. The lowest BCUT2D eigenvalue weighted by molar-refractivity contribution is -0.122. The molecule has 2 heterocycles.